The van der Waals surface area contributed by atoms with Crippen LogP contribution in [0.1, 0.15) is 6.92 Å². The number of rotatable bonds is 11. The second-order valence-corrected chi connectivity index (χ2v) is 10.0. The summed E-state index contributed by atoms with van der Waals surface area (Å²) >= 11 is 0. The summed E-state index contributed by atoms with van der Waals surface area (Å²) < 4.78 is 64.8. The molecule has 1 rings (SSSR count). The van der Waals surface area contributed by atoms with E-state index in [-0.39, 0.29) is 4.57 Å². The summed E-state index contributed by atoms with van der Waals surface area (Å²) in [6, 6.07) is 0.778. The average Bonchev–Trinajstić information content (AvgIpc) is 2.51. The molecule has 3 unspecified atom stereocenters. The van der Waals surface area contributed by atoms with Crippen LogP contribution in [0.4, 0.5) is 4.39 Å². The van der Waals surface area contributed by atoms with Gasteiger partial charge in [-0.2, -0.15) is 8.62 Å². The molecule has 0 aromatic carbocycles. The van der Waals surface area contributed by atoms with Crippen LogP contribution in [0.25, 0.3) is 0 Å². The molecule has 20 heteroatoms. The molecule has 0 bridgehead atoms. The van der Waals surface area contributed by atoms with E-state index < -0.39 is 59.3 Å². The molecule has 30 heavy (non-hydrogen) atoms. The van der Waals surface area contributed by atoms with Crippen LogP contribution in [0.2, 0.25) is 0 Å². The minimum absolute atomic E-state index is 0.288. The number of aliphatic hydroxyl groups excluding tert-OH is 1. The highest BCUT2D eigenvalue weighted by Crippen LogP contribution is 2.66. The Morgan fingerprint density at radius 2 is 1.73 bits per heavy atom. The van der Waals surface area contributed by atoms with Crippen molar-refractivity contribution in [3.05, 3.63) is 33.1 Å². The molecule has 0 aliphatic heterocycles. The van der Waals surface area contributed by atoms with Crippen molar-refractivity contribution in [2.24, 2.45) is 0 Å². The van der Waals surface area contributed by atoms with E-state index in [4.69, 9.17) is 19.4 Å². The molecule has 1 heterocycles. The maximum absolute atomic E-state index is 15.0. The van der Waals surface area contributed by atoms with Crippen LogP contribution in [-0.4, -0.2) is 60.2 Å². The molecule has 174 valence electrons. The van der Waals surface area contributed by atoms with Crippen LogP contribution in [0.15, 0.2) is 21.9 Å². The van der Waals surface area contributed by atoms with Gasteiger partial charge in [0.15, 0.2) is 0 Å². The molecule has 1 aromatic heterocycles. The molecule has 5 atom stereocenters. The number of aliphatic hydroxyl groups is 1. The third-order valence-electron chi connectivity index (χ3n) is 3.31. The van der Waals surface area contributed by atoms with E-state index in [0.717, 1.165) is 19.4 Å². The quantitative estimate of drug-likeness (QED) is 0.197. The lowest BCUT2D eigenvalue weighted by atomic mass is 10.0. The summed E-state index contributed by atoms with van der Waals surface area (Å²) in [5.74, 6) is -2.96. The summed E-state index contributed by atoms with van der Waals surface area (Å²) in [5.41, 5.74) is -2.09. The Labute approximate surface area is 166 Å². The molecular formula is C10H18FN2O14P3. The zero-order valence-electron chi connectivity index (χ0n) is 15.1. The van der Waals surface area contributed by atoms with Gasteiger partial charge in [0.2, 0.25) is 5.79 Å². The lowest BCUT2D eigenvalue weighted by Crippen LogP contribution is -2.52. The Bertz CT molecular complexity index is 1000. The zero-order chi connectivity index (χ0) is 23.5. The van der Waals surface area contributed by atoms with Crippen LogP contribution >= 0.6 is 23.5 Å². The highest BCUT2D eigenvalue weighted by Gasteiger charge is 2.44. The van der Waals surface area contributed by atoms with E-state index in [1.165, 1.54) is 0 Å². The number of H-pyrrole nitrogens is 1. The number of halogens is 1. The van der Waals surface area contributed by atoms with Gasteiger partial charge in [-0.1, -0.05) is 0 Å². The number of aromatic amines is 1. The predicted molar refractivity (Wildman–Crippen MR) is 92.7 cm³/mol. The van der Waals surface area contributed by atoms with Gasteiger partial charge in [0.25, 0.3) is 5.56 Å². The molecule has 0 spiro atoms. The number of phosphoric acid groups is 3. The van der Waals surface area contributed by atoms with Gasteiger partial charge in [0.05, 0.1) is 6.61 Å². The summed E-state index contributed by atoms with van der Waals surface area (Å²) in [6.07, 6.45) is -3.36. The number of aromatic nitrogens is 2. The second-order valence-electron chi connectivity index (χ2n) is 5.61. The summed E-state index contributed by atoms with van der Waals surface area (Å²) in [4.78, 5) is 59.9. The standard InChI is InChI=1S/C10H18FN2O14P3/c1-10(11,13-4-3-7(14)12-9(13)16)8(15)6(24-2)5-25-29(20,21)27-30(22,23)26-28(17,18)19/h3-4,6,8,15H,5H2,1-2H3,(H,20,21)(H,22,23)(H,12,14,16)(H2,17,18,19)/t6?,8-,10+/m1/s1. The number of ether oxygens (including phenoxy) is 1. The fraction of sp³-hybridized carbons (Fsp3) is 0.600. The maximum atomic E-state index is 15.0. The van der Waals surface area contributed by atoms with E-state index in [0.29, 0.717) is 6.92 Å². The van der Waals surface area contributed by atoms with Crippen LogP contribution in [0.3, 0.4) is 0 Å². The number of methoxy groups -OCH3 is 1. The Morgan fingerprint density at radius 1 is 1.17 bits per heavy atom. The van der Waals surface area contributed by atoms with Crippen molar-refractivity contribution in [3.8, 4) is 0 Å². The summed E-state index contributed by atoms with van der Waals surface area (Å²) in [7, 11) is -16.0. The highest BCUT2D eigenvalue weighted by molar-refractivity contribution is 7.66. The molecule has 0 radical (unpaired) electrons. The second kappa shape index (κ2) is 9.61. The largest absolute Gasteiger partial charge is 0.490 e. The number of nitrogens with zero attached hydrogens (tertiary/aromatic N) is 1. The Balaban J connectivity index is 2.96. The minimum Gasteiger partial charge on any atom is -0.385 e. The van der Waals surface area contributed by atoms with E-state index in [2.05, 4.69) is 13.1 Å². The zero-order valence-corrected chi connectivity index (χ0v) is 17.8. The minimum atomic E-state index is -5.78. The molecule has 16 nitrogen and oxygen atoms in total. The van der Waals surface area contributed by atoms with Gasteiger partial charge in [-0.25, -0.2) is 22.9 Å². The van der Waals surface area contributed by atoms with Gasteiger partial charge in [0, 0.05) is 19.4 Å². The first-order chi connectivity index (χ1) is 13.4. The molecule has 1 aromatic rings. The lowest BCUT2D eigenvalue weighted by molar-refractivity contribution is -0.137. The van der Waals surface area contributed by atoms with Crippen molar-refractivity contribution in [2.75, 3.05) is 13.7 Å². The number of nitrogens with one attached hydrogen (secondary N) is 1. The molecule has 0 aliphatic carbocycles. The van der Waals surface area contributed by atoms with Crippen molar-refractivity contribution in [1.29, 1.82) is 0 Å². The topological polar surface area (TPSA) is 244 Å². The predicted octanol–water partition coefficient (Wildman–Crippen LogP) is -1.10. The fourth-order valence-corrected chi connectivity index (χ4v) is 5.03. The van der Waals surface area contributed by atoms with Gasteiger partial charge in [-0.05, 0) is 6.92 Å². The van der Waals surface area contributed by atoms with Gasteiger partial charge < -0.3 is 29.4 Å². The monoisotopic (exact) mass is 502 g/mol. The fourth-order valence-electron chi connectivity index (χ4n) is 2.00. The van der Waals surface area contributed by atoms with Crippen LogP contribution in [0.5, 0.6) is 0 Å². The molecular weight excluding hydrogens is 484 g/mol. The lowest BCUT2D eigenvalue weighted by Gasteiger charge is -2.32. The van der Waals surface area contributed by atoms with Gasteiger partial charge >= 0.3 is 29.2 Å². The van der Waals surface area contributed by atoms with Crippen LogP contribution in [0, 0.1) is 0 Å². The molecule has 0 saturated heterocycles. The number of hydrogen-bond acceptors (Lipinski definition) is 10. The number of alkyl halides is 1. The molecule has 6 N–H and O–H groups in total. The Hall–Kier alpha value is -1.06. The Kier molecular flexibility index (Phi) is 8.64. The first-order valence-corrected chi connectivity index (χ1v) is 11.9. The van der Waals surface area contributed by atoms with Crippen molar-refractivity contribution < 1.29 is 60.6 Å². The van der Waals surface area contributed by atoms with Gasteiger partial charge in [0.1, 0.15) is 12.2 Å². The normalized spacial score (nSPS) is 20.5. The molecule has 0 fully saturated rings. The van der Waals surface area contributed by atoms with Crippen molar-refractivity contribution in [3.63, 3.8) is 0 Å². The van der Waals surface area contributed by atoms with Gasteiger partial charge in [-0.3, -0.25) is 18.9 Å². The maximum Gasteiger partial charge on any atom is 0.490 e. The number of phosphoric ester groups is 1. The third-order valence-corrected chi connectivity index (χ3v) is 7.11. The van der Waals surface area contributed by atoms with Crippen LogP contribution in [-0.2, 0) is 37.4 Å². The van der Waals surface area contributed by atoms with Crippen molar-refractivity contribution in [2.45, 2.75) is 24.9 Å². The van der Waals surface area contributed by atoms with E-state index in [1.807, 2.05) is 0 Å². The Morgan fingerprint density at radius 3 is 2.20 bits per heavy atom. The van der Waals surface area contributed by atoms with E-state index in [1.54, 1.807) is 4.98 Å². The first kappa shape index (κ1) is 27.0. The molecule has 0 saturated carbocycles. The number of hydrogen-bond donors (Lipinski definition) is 6. The highest BCUT2D eigenvalue weighted by atomic mass is 31.3. The van der Waals surface area contributed by atoms with Crippen LogP contribution < -0.4 is 11.2 Å². The van der Waals surface area contributed by atoms with Crippen molar-refractivity contribution >= 4 is 23.5 Å². The first-order valence-electron chi connectivity index (χ1n) is 7.41. The van der Waals surface area contributed by atoms with E-state index >= 15 is 4.39 Å². The summed E-state index contributed by atoms with van der Waals surface area (Å²) in [5, 5.41) is 10.2. The smallest absolute Gasteiger partial charge is 0.385 e. The third kappa shape index (κ3) is 7.89. The average molecular weight is 502 g/mol. The summed E-state index contributed by atoms with van der Waals surface area (Å²) in [6.45, 7) is -0.479. The van der Waals surface area contributed by atoms with E-state index in [9.17, 15) is 33.3 Å². The SMILES string of the molecule is COC(COP(=O)(O)OP(=O)(O)OP(=O)(O)O)[C@@H](O)[C@@](C)(F)n1ccc(=O)[nH]c1=O. The van der Waals surface area contributed by atoms with Crippen molar-refractivity contribution in [1.82, 2.24) is 9.55 Å². The molecule has 0 amide bonds. The van der Waals surface area contributed by atoms with Gasteiger partial charge in [-0.15, -0.1) is 0 Å². The molecule has 0 aliphatic rings.